The van der Waals surface area contributed by atoms with Gasteiger partial charge in [-0.25, -0.2) is 0 Å². The number of benzene rings is 2. The predicted octanol–water partition coefficient (Wildman–Crippen LogP) is 5.75. The van der Waals surface area contributed by atoms with Crippen molar-refractivity contribution in [3.63, 3.8) is 0 Å². The van der Waals surface area contributed by atoms with E-state index in [0.29, 0.717) is 5.78 Å². The molecule has 0 bridgehead atoms. The van der Waals surface area contributed by atoms with Gasteiger partial charge < -0.3 is 0 Å². The Morgan fingerprint density at radius 1 is 0.905 bits per heavy atom. The second-order valence-corrected chi connectivity index (χ2v) is 5.56. The molecule has 0 aliphatic rings. The Morgan fingerprint density at radius 2 is 1.52 bits per heavy atom. The third-order valence-corrected chi connectivity index (χ3v) is 4.05. The summed E-state index contributed by atoms with van der Waals surface area (Å²) in [7, 11) is 0. The van der Waals surface area contributed by atoms with Crippen LogP contribution in [-0.2, 0) is 0 Å². The topological polar surface area (TPSA) is 17.1 Å². The molecule has 0 aliphatic carbocycles. The van der Waals surface area contributed by atoms with Crippen LogP contribution in [-0.4, -0.2) is 5.78 Å². The summed E-state index contributed by atoms with van der Waals surface area (Å²) < 4.78 is 0. The van der Waals surface area contributed by atoms with Crippen LogP contribution in [0.2, 0.25) is 0 Å². The third-order valence-electron chi connectivity index (χ3n) is 4.05. The van der Waals surface area contributed by atoms with Crippen molar-refractivity contribution in [3.05, 3.63) is 60.2 Å². The first kappa shape index (κ1) is 15.5. The van der Waals surface area contributed by atoms with Gasteiger partial charge in [0, 0.05) is 11.5 Å². The molecule has 110 valence electrons. The Kier molecular flexibility index (Phi) is 5.74. The molecule has 0 aromatic heterocycles. The predicted molar refractivity (Wildman–Crippen MR) is 89.5 cm³/mol. The van der Waals surface area contributed by atoms with Gasteiger partial charge in [0.05, 0.1) is 0 Å². The summed E-state index contributed by atoms with van der Waals surface area (Å²) in [5.74, 6) is 0.470. The number of Topliss-reactive ketones (excluding diaryl/α,β-unsaturated/α-hetero) is 1. The minimum Gasteiger partial charge on any atom is -0.294 e. The minimum atomic E-state index is 0.174. The van der Waals surface area contributed by atoms with E-state index in [2.05, 4.69) is 38.1 Å². The number of hydrogen-bond donors (Lipinski definition) is 0. The number of carbonyl (C=O) groups is 1. The van der Waals surface area contributed by atoms with E-state index < -0.39 is 0 Å². The van der Waals surface area contributed by atoms with Crippen LogP contribution in [0.1, 0.15) is 49.9 Å². The maximum absolute atomic E-state index is 12.5. The van der Waals surface area contributed by atoms with Crippen LogP contribution in [0.15, 0.2) is 54.6 Å². The van der Waals surface area contributed by atoms with E-state index in [1.54, 1.807) is 0 Å². The second kappa shape index (κ2) is 7.78. The van der Waals surface area contributed by atoms with Gasteiger partial charge in [0.2, 0.25) is 0 Å². The van der Waals surface area contributed by atoms with Crippen molar-refractivity contribution < 1.29 is 4.79 Å². The number of carbonyl (C=O) groups excluding carboxylic acids is 1. The lowest BCUT2D eigenvalue weighted by Crippen LogP contribution is -2.13. The average molecular weight is 280 g/mol. The third kappa shape index (κ3) is 4.04. The first-order valence-electron chi connectivity index (χ1n) is 7.96. The molecule has 0 radical (unpaired) electrons. The fraction of sp³-hybridized carbons (Fsp3) is 0.350. The Hall–Kier alpha value is -1.89. The van der Waals surface area contributed by atoms with Gasteiger partial charge >= 0.3 is 0 Å². The van der Waals surface area contributed by atoms with Crippen molar-refractivity contribution in [3.8, 4) is 11.1 Å². The van der Waals surface area contributed by atoms with E-state index in [9.17, 15) is 4.79 Å². The normalized spacial score (nSPS) is 12.1. The zero-order chi connectivity index (χ0) is 15.1. The van der Waals surface area contributed by atoms with Gasteiger partial charge in [0.15, 0.2) is 5.78 Å². The summed E-state index contributed by atoms with van der Waals surface area (Å²) in [6, 6.07) is 18.3. The molecule has 0 saturated heterocycles. The Morgan fingerprint density at radius 3 is 2.10 bits per heavy atom. The first-order chi connectivity index (χ1) is 10.3. The van der Waals surface area contributed by atoms with E-state index in [4.69, 9.17) is 0 Å². The molecule has 21 heavy (non-hydrogen) atoms. The van der Waals surface area contributed by atoms with Crippen molar-refractivity contribution in [2.45, 2.75) is 39.5 Å². The Labute approximate surface area is 128 Å². The lowest BCUT2D eigenvalue weighted by Gasteiger charge is -2.13. The van der Waals surface area contributed by atoms with Crippen molar-refractivity contribution >= 4 is 5.78 Å². The Balaban J connectivity index is 2.13. The van der Waals surface area contributed by atoms with Gasteiger partial charge in [0.1, 0.15) is 0 Å². The second-order valence-electron chi connectivity index (χ2n) is 5.56. The van der Waals surface area contributed by atoms with Crippen LogP contribution in [0.3, 0.4) is 0 Å². The standard InChI is InChI=1S/C20H24O/c1-3-5-9-16(4-2)20(21)19-14-12-18(13-15-19)17-10-7-6-8-11-17/h6-8,10-16H,3-5,9H2,1-2H3. The maximum atomic E-state index is 12.5. The Bertz CT molecular complexity index is 554. The molecule has 0 spiro atoms. The molecule has 1 nitrogen and oxygen atoms in total. The summed E-state index contributed by atoms with van der Waals surface area (Å²) in [6.45, 7) is 4.28. The molecule has 0 amide bonds. The van der Waals surface area contributed by atoms with Crippen LogP contribution < -0.4 is 0 Å². The van der Waals surface area contributed by atoms with Gasteiger partial charge in [-0.2, -0.15) is 0 Å². The average Bonchev–Trinajstić information content (AvgIpc) is 2.56. The van der Waals surface area contributed by atoms with Gasteiger partial charge in [-0.05, 0) is 24.0 Å². The van der Waals surface area contributed by atoms with Gasteiger partial charge in [-0.1, -0.05) is 81.3 Å². The monoisotopic (exact) mass is 280 g/mol. The number of rotatable bonds is 7. The van der Waals surface area contributed by atoms with E-state index in [1.165, 1.54) is 5.56 Å². The molecule has 1 unspecified atom stereocenters. The molecule has 0 N–H and O–H groups in total. The van der Waals surface area contributed by atoms with Crippen LogP contribution in [0.25, 0.3) is 11.1 Å². The van der Waals surface area contributed by atoms with Crippen LogP contribution in [0.4, 0.5) is 0 Å². The van der Waals surface area contributed by atoms with Crippen LogP contribution in [0.5, 0.6) is 0 Å². The molecule has 1 atom stereocenters. The molecule has 2 aromatic rings. The number of hydrogen-bond acceptors (Lipinski definition) is 1. The van der Waals surface area contributed by atoms with E-state index in [0.717, 1.165) is 36.8 Å². The molecule has 2 rings (SSSR count). The fourth-order valence-electron chi connectivity index (χ4n) is 2.66. The lowest BCUT2D eigenvalue weighted by molar-refractivity contribution is 0.0908. The van der Waals surface area contributed by atoms with Crippen molar-refractivity contribution in [2.24, 2.45) is 5.92 Å². The zero-order valence-electron chi connectivity index (χ0n) is 13.0. The minimum absolute atomic E-state index is 0.174. The molecule has 1 heteroatoms. The van der Waals surface area contributed by atoms with Gasteiger partial charge in [0.25, 0.3) is 0 Å². The van der Waals surface area contributed by atoms with Crippen molar-refractivity contribution in [1.82, 2.24) is 0 Å². The molecule has 2 aromatic carbocycles. The summed E-state index contributed by atoms with van der Waals surface area (Å²) in [5, 5.41) is 0. The summed E-state index contributed by atoms with van der Waals surface area (Å²) in [5.41, 5.74) is 3.20. The SMILES string of the molecule is CCCCC(CC)C(=O)c1ccc(-c2ccccc2)cc1. The number of ketones is 1. The highest BCUT2D eigenvalue weighted by molar-refractivity contribution is 5.98. The molecular weight excluding hydrogens is 256 g/mol. The molecule has 0 saturated carbocycles. The molecule has 0 aliphatic heterocycles. The first-order valence-corrected chi connectivity index (χ1v) is 7.96. The van der Waals surface area contributed by atoms with Crippen molar-refractivity contribution in [1.29, 1.82) is 0 Å². The van der Waals surface area contributed by atoms with E-state index in [-0.39, 0.29) is 5.92 Å². The van der Waals surface area contributed by atoms with Gasteiger partial charge in [-0.3, -0.25) is 4.79 Å². The van der Waals surface area contributed by atoms with Crippen LogP contribution in [0, 0.1) is 5.92 Å². The molecular formula is C20H24O. The summed E-state index contributed by atoms with van der Waals surface area (Å²) in [4.78, 5) is 12.5. The fourth-order valence-corrected chi connectivity index (χ4v) is 2.66. The lowest BCUT2D eigenvalue weighted by atomic mass is 9.90. The summed E-state index contributed by atoms with van der Waals surface area (Å²) in [6.07, 6.45) is 4.22. The van der Waals surface area contributed by atoms with Gasteiger partial charge in [-0.15, -0.1) is 0 Å². The van der Waals surface area contributed by atoms with Crippen molar-refractivity contribution in [2.75, 3.05) is 0 Å². The quantitative estimate of drug-likeness (QED) is 0.590. The van der Waals surface area contributed by atoms with Crippen LogP contribution >= 0.6 is 0 Å². The maximum Gasteiger partial charge on any atom is 0.165 e. The largest absolute Gasteiger partial charge is 0.294 e. The van der Waals surface area contributed by atoms with E-state index in [1.807, 2.05) is 30.3 Å². The highest BCUT2D eigenvalue weighted by Crippen LogP contribution is 2.22. The summed E-state index contributed by atoms with van der Waals surface area (Å²) >= 11 is 0. The number of unbranched alkanes of at least 4 members (excludes halogenated alkanes) is 1. The highest BCUT2D eigenvalue weighted by atomic mass is 16.1. The smallest absolute Gasteiger partial charge is 0.165 e. The highest BCUT2D eigenvalue weighted by Gasteiger charge is 2.17. The molecule has 0 heterocycles. The zero-order valence-corrected chi connectivity index (χ0v) is 13.0. The molecule has 0 fully saturated rings. The van der Waals surface area contributed by atoms with E-state index >= 15 is 0 Å².